The maximum atomic E-state index is 13.4. The third kappa shape index (κ3) is 5.90. The number of aryl methyl sites for hydroxylation is 1. The first-order valence-corrected chi connectivity index (χ1v) is 12.1. The Bertz CT molecular complexity index is 1590. The number of carbonyl (C=O) groups is 2. The predicted molar refractivity (Wildman–Crippen MR) is 140 cm³/mol. The van der Waals surface area contributed by atoms with Gasteiger partial charge < -0.3 is 14.0 Å². The molecule has 0 fully saturated rings. The van der Waals surface area contributed by atoms with Gasteiger partial charge in [-0.2, -0.15) is 4.99 Å². The van der Waals surface area contributed by atoms with E-state index in [-0.39, 0.29) is 28.6 Å². The van der Waals surface area contributed by atoms with Crippen LogP contribution in [0.4, 0.5) is 0 Å². The molecule has 0 spiro atoms. The van der Waals surface area contributed by atoms with Crippen molar-refractivity contribution in [1.29, 1.82) is 0 Å². The number of esters is 1. The Hall–Kier alpha value is -4.37. The topological polar surface area (TPSA) is 104 Å². The first-order valence-electron chi connectivity index (χ1n) is 12.1. The summed E-state index contributed by atoms with van der Waals surface area (Å²) >= 11 is 0. The van der Waals surface area contributed by atoms with Crippen molar-refractivity contribution in [2.45, 2.75) is 26.8 Å². The highest BCUT2D eigenvalue weighted by atomic mass is 16.5. The van der Waals surface area contributed by atoms with Gasteiger partial charge >= 0.3 is 5.97 Å². The Morgan fingerprint density at radius 2 is 1.84 bits per heavy atom. The van der Waals surface area contributed by atoms with E-state index in [9.17, 15) is 14.4 Å². The maximum Gasteiger partial charge on any atom is 0.341 e. The molecule has 0 aliphatic heterocycles. The number of amides is 1. The van der Waals surface area contributed by atoms with Crippen LogP contribution in [0.25, 0.3) is 22.8 Å². The standard InChI is InChI=1S/C28H28N4O5/c1-3-36-18-10-17-32-25-21(27(34)31-16-9-8-13-23(31)29-25)19-22(28(35)37-4-2)26(32)30-24(33)15-14-20-11-6-5-7-12-20/h5-9,11-16,19H,3-4,10,17-18H2,1-2H3/b15-14+,30-26?. The van der Waals surface area contributed by atoms with Gasteiger partial charge in [-0.15, -0.1) is 0 Å². The molecule has 0 bridgehead atoms. The van der Waals surface area contributed by atoms with Crippen LogP contribution in [0.3, 0.4) is 0 Å². The zero-order valence-corrected chi connectivity index (χ0v) is 20.8. The number of benzene rings is 1. The molecule has 1 amide bonds. The van der Waals surface area contributed by atoms with E-state index in [1.54, 1.807) is 42.0 Å². The zero-order valence-electron chi connectivity index (χ0n) is 20.8. The molecule has 4 aromatic rings. The van der Waals surface area contributed by atoms with Crippen LogP contribution >= 0.6 is 0 Å². The van der Waals surface area contributed by atoms with Gasteiger partial charge in [0.25, 0.3) is 11.5 Å². The fourth-order valence-corrected chi connectivity index (χ4v) is 3.91. The van der Waals surface area contributed by atoms with Gasteiger partial charge in [-0.3, -0.25) is 14.0 Å². The lowest BCUT2D eigenvalue weighted by atomic mass is 10.2. The van der Waals surface area contributed by atoms with Gasteiger partial charge in [0.05, 0.1) is 12.0 Å². The van der Waals surface area contributed by atoms with Crippen molar-refractivity contribution in [2.24, 2.45) is 4.99 Å². The molecule has 1 aromatic carbocycles. The van der Waals surface area contributed by atoms with Crippen molar-refractivity contribution >= 4 is 34.6 Å². The third-order valence-electron chi connectivity index (χ3n) is 5.59. The van der Waals surface area contributed by atoms with Gasteiger partial charge in [-0.1, -0.05) is 36.4 Å². The van der Waals surface area contributed by atoms with Gasteiger partial charge in [0.2, 0.25) is 0 Å². The molecular formula is C28H28N4O5. The molecule has 9 heteroatoms. The first kappa shape index (κ1) is 25.7. The average Bonchev–Trinajstić information content (AvgIpc) is 2.91. The summed E-state index contributed by atoms with van der Waals surface area (Å²) in [6.45, 7) is 5.02. The Labute approximate surface area is 213 Å². The van der Waals surface area contributed by atoms with E-state index in [0.717, 1.165) is 5.56 Å². The SMILES string of the molecule is CCOCCCn1c(=NC(=O)/C=C/c2ccccc2)c(C(=O)OCC)cc2c(=O)n3ccccc3nc21. The van der Waals surface area contributed by atoms with Gasteiger partial charge in [0.15, 0.2) is 5.49 Å². The van der Waals surface area contributed by atoms with E-state index in [2.05, 4.69) is 9.98 Å². The minimum Gasteiger partial charge on any atom is -0.462 e. The third-order valence-corrected chi connectivity index (χ3v) is 5.59. The summed E-state index contributed by atoms with van der Waals surface area (Å²) in [5.74, 6) is -1.25. The number of rotatable bonds is 9. The van der Waals surface area contributed by atoms with Gasteiger partial charge in [0, 0.05) is 32.0 Å². The maximum absolute atomic E-state index is 13.4. The Kier molecular flexibility index (Phi) is 8.37. The van der Waals surface area contributed by atoms with Crippen LogP contribution in [0.5, 0.6) is 0 Å². The second kappa shape index (κ2) is 12.0. The molecule has 0 aliphatic carbocycles. The first-order chi connectivity index (χ1) is 18.0. The van der Waals surface area contributed by atoms with Gasteiger partial charge in [-0.25, -0.2) is 9.78 Å². The number of aromatic nitrogens is 3. The molecule has 0 saturated carbocycles. The Morgan fingerprint density at radius 3 is 2.59 bits per heavy atom. The van der Waals surface area contributed by atoms with E-state index < -0.39 is 11.9 Å². The highest BCUT2D eigenvalue weighted by molar-refractivity contribution is 5.95. The van der Waals surface area contributed by atoms with Crippen molar-refractivity contribution < 1.29 is 19.1 Å². The zero-order chi connectivity index (χ0) is 26.2. The van der Waals surface area contributed by atoms with Crippen molar-refractivity contribution in [1.82, 2.24) is 14.0 Å². The number of fused-ring (bicyclic) bond motifs is 2. The lowest BCUT2D eigenvalue weighted by molar-refractivity contribution is -0.113. The number of pyridine rings is 2. The van der Waals surface area contributed by atoms with Crippen molar-refractivity contribution in [2.75, 3.05) is 19.8 Å². The average molecular weight is 501 g/mol. The second-order valence-electron chi connectivity index (χ2n) is 8.08. The number of hydrogen-bond donors (Lipinski definition) is 0. The van der Waals surface area contributed by atoms with E-state index >= 15 is 0 Å². The van der Waals surface area contributed by atoms with Gasteiger partial charge in [0.1, 0.15) is 16.9 Å². The van der Waals surface area contributed by atoms with Crippen LogP contribution in [0.1, 0.15) is 36.2 Å². The molecule has 3 aromatic heterocycles. The number of nitrogens with zero attached hydrogens (tertiary/aromatic N) is 4. The lowest BCUT2D eigenvalue weighted by Gasteiger charge is -2.15. The van der Waals surface area contributed by atoms with Crippen LogP contribution in [0.15, 0.2) is 76.7 Å². The molecule has 3 heterocycles. The monoisotopic (exact) mass is 500 g/mol. The summed E-state index contributed by atoms with van der Waals surface area (Å²) in [4.78, 5) is 48.3. The van der Waals surface area contributed by atoms with E-state index in [0.29, 0.717) is 37.5 Å². The predicted octanol–water partition coefficient (Wildman–Crippen LogP) is 3.39. The fourth-order valence-electron chi connectivity index (χ4n) is 3.91. The Balaban J connectivity index is 1.97. The van der Waals surface area contributed by atoms with E-state index in [4.69, 9.17) is 9.47 Å². The van der Waals surface area contributed by atoms with Crippen molar-refractivity contribution in [3.8, 4) is 0 Å². The molecule has 190 valence electrons. The van der Waals surface area contributed by atoms with Crippen LogP contribution < -0.4 is 11.0 Å². The van der Waals surface area contributed by atoms with Crippen LogP contribution in [-0.4, -0.2) is 45.6 Å². The molecule has 0 radical (unpaired) electrons. The number of ether oxygens (including phenoxy) is 2. The van der Waals surface area contributed by atoms with Crippen molar-refractivity contribution in [3.63, 3.8) is 0 Å². The van der Waals surface area contributed by atoms with Crippen LogP contribution in [0, 0.1) is 0 Å². The highest BCUT2D eigenvalue weighted by Crippen LogP contribution is 2.12. The van der Waals surface area contributed by atoms with Crippen LogP contribution in [-0.2, 0) is 20.8 Å². The summed E-state index contributed by atoms with van der Waals surface area (Å²) < 4.78 is 13.8. The largest absolute Gasteiger partial charge is 0.462 e. The fraction of sp³-hybridized carbons (Fsp3) is 0.250. The number of hydrogen-bond acceptors (Lipinski definition) is 6. The molecule has 0 unspecified atom stereocenters. The molecule has 0 atom stereocenters. The highest BCUT2D eigenvalue weighted by Gasteiger charge is 2.19. The van der Waals surface area contributed by atoms with Crippen LogP contribution in [0.2, 0.25) is 0 Å². The number of carbonyl (C=O) groups excluding carboxylic acids is 2. The summed E-state index contributed by atoms with van der Waals surface area (Å²) in [6.07, 6.45) is 5.15. The lowest BCUT2D eigenvalue weighted by Crippen LogP contribution is -2.33. The minimum atomic E-state index is -0.681. The summed E-state index contributed by atoms with van der Waals surface area (Å²) in [6, 6.07) is 16.0. The summed E-state index contributed by atoms with van der Waals surface area (Å²) in [5.41, 5.74) is 1.34. The molecular weight excluding hydrogens is 472 g/mol. The summed E-state index contributed by atoms with van der Waals surface area (Å²) in [7, 11) is 0. The normalized spacial score (nSPS) is 12.0. The minimum absolute atomic E-state index is 0.0157. The molecule has 9 nitrogen and oxygen atoms in total. The van der Waals surface area contributed by atoms with Gasteiger partial charge in [-0.05, 0) is 50.1 Å². The molecule has 37 heavy (non-hydrogen) atoms. The second-order valence-corrected chi connectivity index (χ2v) is 8.08. The molecule has 0 saturated heterocycles. The van der Waals surface area contributed by atoms with E-state index in [1.165, 1.54) is 16.5 Å². The summed E-state index contributed by atoms with van der Waals surface area (Å²) in [5, 5.41) is 0.217. The quantitative estimate of drug-likeness (QED) is 0.151. The smallest absolute Gasteiger partial charge is 0.341 e. The molecule has 0 aliphatic rings. The molecule has 0 N–H and O–H groups in total. The molecule has 4 rings (SSSR count). The Morgan fingerprint density at radius 1 is 1.05 bits per heavy atom. The van der Waals surface area contributed by atoms with E-state index in [1.807, 2.05) is 37.3 Å². The van der Waals surface area contributed by atoms with Crippen molar-refractivity contribution in [3.05, 3.63) is 93.8 Å².